The molecule has 0 unspecified atom stereocenters. The van der Waals surface area contributed by atoms with E-state index >= 15 is 4.39 Å². The van der Waals surface area contributed by atoms with Gasteiger partial charge in [0.15, 0.2) is 17.3 Å². The lowest BCUT2D eigenvalue weighted by Crippen LogP contribution is -2.46. The minimum absolute atomic E-state index is 0.190. The Labute approximate surface area is 353 Å². The lowest BCUT2D eigenvalue weighted by molar-refractivity contribution is 0.0738. The first-order chi connectivity index (χ1) is 29.4. The second-order valence-electron chi connectivity index (χ2n) is 17.1. The first kappa shape index (κ1) is 40.3. The Kier molecular flexibility index (Phi) is 10.8. The van der Waals surface area contributed by atoms with Gasteiger partial charge in [0, 0.05) is 57.0 Å². The summed E-state index contributed by atoms with van der Waals surface area (Å²) in [6.45, 7) is 13.4. The van der Waals surface area contributed by atoms with E-state index in [0.29, 0.717) is 70.3 Å². The van der Waals surface area contributed by atoms with E-state index in [1.165, 1.54) is 16.4 Å². The molecular weight excluding hydrogens is 776 g/mol. The molecule has 3 N–H and O–H groups in total. The molecular formula is C45H53FN12O3. The molecule has 2 aromatic carbocycles. The van der Waals surface area contributed by atoms with E-state index in [1.807, 2.05) is 25.2 Å². The lowest BCUT2D eigenvalue weighted by atomic mass is 9.88. The van der Waals surface area contributed by atoms with E-state index in [1.54, 1.807) is 58.5 Å². The summed E-state index contributed by atoms with van der Waals surface area (Å²) in [7, 11) is 1.85. The zero-order chi connectivity index (χ0) is 42.4. The Balaban J connectivity index is 0.799. The third-order valence-electron chi connectivity index (χ3n) is 12.5. The fraction of sp³-hybridized carbons (Fsp3) is 0.422. The molecule has 2 amide bonds. The fourth-order valence-corrected chi connectivity index (χ4v) is 9.15. The smallest absolute Gasteiger partial charge is 0.323 e. The summed E-state index contributed by atoms with van der Waals surface area (Å²) in [5.41, 5.74) is 3.01. The molecule has 3 aliphatic rings. The van der Waals surface area contributed by atoms with Gasteiger partial charge in [-0.2, -0.15) is 10.1 Å². The van der Waals surface area contributed by atoms with E-state index < -0.39 is 5.60 Å². The molecule has 0 spiro atoms. The first-order valence-electron chi connectivity index (χ1n) is 21.3. The number of fused-ring (bicyclic) bond motifs is 2. The normalized spacial score (nSPS) is 17.4. The molecule has 0 aliphatic carbocycles. The second kappa shape index (κ2) is 16.4. The zero-order valence-electron chi connectivity index (χ0n) is 35.0. The molecule has 0 saturated carbocycles. The van der Waals surface area contributed by atoms with Gasteiger partial charge in [-0.3, -0.25) is 14.4 Å². The van der Waals surface area contributed by atoms with Crippen molar-refractivity contribution in [2.24, 2.45) is 13.0 Å². The number of benzene rings is 2. The van der Waals surface area contributed by atoms with E-state index in [4.69, 9.17) is 4.98 Å². The molecule has 6 aromatic rings. The molecule has 9 rings (SSSR count). The highest BCUT2D eigenvalue weighted by Crippen LogP contribution is 2.35. The van der Waals surface area contributed by atoms with Gasteiger partial charge in [-0.05, 0) is 113 Å². The number of aliphatic hydroxyl groups is 1. The van der Waals surface area contributed by atoms with Crippen LogP contribution in [0.4, 0.5) is 32.3 Å². The van der Waals surface area contributed by atoms with Crippen molar-refractivity contribution in [3.8, 4) is 5.82 Å². The predicted molar refractivity (Wildman–Crippen MR) is 235 cm³/mol. The Bertz CT molecular complexity index is 2650. The van der Waals surface area contributed by atoms with Crippen LogP contribution in [0.5, 0.6) is 0 Å². The molecule has 3 saturated heterocycles. The number of hydrogen-bond acceptors (Lipinski definition) is 10. The van der Waals surface area contributed by atoms with Crippen LogP contribution >= 0.6 is 0 Å². The number of halogens is 1. The number of aromatic nitrogens is 7. The van der Waals surface area contributed by atoms with Gasteiger partial charge in [-0.15, -0.1) is 6.58 Å². The van der Waals surface area contributed by atoms with E-state index in [0.717, 1.165) is 76.0 Å². The van der Waals surface area contributed by atoms with Crippen LogP contribution in [0.1, 0.15) is 63.1 Å². The molecule has 15 nitrogen and oxygen atoms in total. The number of amides is 2. The Hall–Kier alpha value is -6.13. The highest BCUT2D eigenvalue weighted by Gasteiger charge is 2.29. The number of carbonyl (C=O) groups excluding carboxylic acids is 1. The largest absolute Gasteiger partial charge is 0.384 e. The number of nitrogens with one attached hydrogen (secondary N) is 2. The van der Waals surface area contributed by atoms with Gasteiger partial charge in [0.25, 0.3) is 5.56 Å². The topological polar surface area (TPSA) is 154 Å². The Morgan fingerprint density at radius 1 is 0.984 bits per heavy atom. The minimum Gasteiger partial charge on any atom is -0.384 e. The highest BCUT2D eigenvalue weighted by atomic mass is 19.1. The predicted octanol–water partition coefficient (Wildman–Crippen LogP) is 6.18. The van der Waals surface area contributed by atoms with Crippen molar-refractivity contribution < 1.29 is 14.3 Å². The summed E-state index contributed by atoms with van der Waals surface area (Å²) >= 11 is 0. The van der Waals surface area contributed by atoms with Crippen molar-refractivity contribution in [2.75, 3.05) is 60.9 Å². The van der Waals surface area contributed by atoms with Crippen LogP contribution in [-0.2, 0) is 19.2 Å². The number of urea groups is 1. The van der Waals surface area contributed by atoms with Crippen molar-refractivity contribution in [3.05, 3.63) is 101 Å². The molecule has 7 heterocycles. The van der Waals surface area contributed by atoms with Crippen LogP contribution in [0.15, 0.2) is 78.2 Å². The third kappa shape index (κ3) is 7.97. The molecule has 3 fully saturated rings. The van der Waals surface area contributed by atoms with Crippen molar-refractivity contribution in [1.82, 2.24) is 44.3 Å². The van der Waals surface area contributed by atoms with Gasteiger partial charge in [-0.25, -0.2) is 28.5 Å². The molecule has 16 heteroatoms. The molecule has 4 aromatic heterocycles. The van der Waals surface area contributed by atoms with Gasteiger partial charge >= 0.3 is 6.03 Å². The van der Waals surface area contributed by atoms with Gasteiger partial charge in [0.1, 0.15) is 16.8 Å². The van der Waals surface area contributed by atoms with E-state index in [-0.39, 0.29) is 24.0 Å². The van der Waals surface area contributed by atoms with Crippen LogP contribution in [0, 0.1) is 11.7 Å². The maximum Gasteiger partial charge on any atom is 0.323 e. The zero-order valence-corrected chi connectivity index (χ0v) is 35.0. The third-order valence-corrected chi connectivity index (χ3v) is 12.5. The Morgan fingerprint density at radius 2 is 1.75 bits per heavy atom. The number of pyridine rings is 1. The van der Waals surface area contributed by atoms with Crippen LogP contribution in [0.25, 0.3) is 27.8 Å². The van der Waals surface area contributed by atoms with Crippen molar-refractivity contribution >= 4 is 51.1 Å². The SMILES string of the molecule is C=CCn1c(=O)c2cnc(Nc3ccc(C4CCN(CC5CCN(c6cc7c(cc6F)c(N6CCCNC6=O)nn7C)CC5)CC4)cc3)nc2n1-c1cccc(C(C)(C)O)n1. The van der Waals surface area contributed by atoms with Crippen LogP contribution in [0.2, 0.25) is 0 Å². The summed E-state index contributed by atoms with van der Waals surface area (Å²) in [5.74, 6) is 2.07. The first-order valence-corrected chi connectivity index (χ1v) is 21.3. The number of rotatable bonds is 11. The fourth-order valence-electron chi connectivity index (χ4n) is 9.15. The van der Waals surface area contributed by atoms with Crippen LogP contribution < -0.4 is 26.0 Å². The average molecular weight is 829 g/mol. The van der Waals surface area contributed by atoms with Gasteiger partial charge in [0.2, 0.25) is 5.95 Å². The molecule has 61 heavy (non-hydrogen) atoms. The van der Waals surface area contributed by atoms with Gasteiger partial charge < -0.3 is 25.5 Å². The number of allylic oxidation sites excluding steroid dienone is 1. The van der Waals surface area contributed by atoms with E-state index in [2.05, 4.69) is 54.2 Å². The summed E-state index contributed by atoms with van der Waals surface area (Å²) in [6.07, 6.45) is 8.20. The maximum atomic E-state index is 15.7. The lowest BCUT2D eigenvalue weighted by Gasteiger charge is -2.38. The minimum atomic E-state index is -1.17. The number of aryl methyl sites for hydroxylation is 1. The summed E-state index contributed by atoms with van der Waals surface area (Å²) in [4.78, 5) is 46.2. The van der Waals surface area contributed by atoms with Crippen LogP contribution in [-0.4, -0.2) is 95.9 Å². The number of piperidine rings is 2. The maximum absolute atomic E-state index is 15.7. The molecule has 3 aliphatic heterocycles. The highest BCUT2D eigenvalue weighted by molar-refractivity contribution is 6.02. The molecule has 0 bridgehead atoms. The molecule has 0 atom stereocenters. The van der Waals surface area contributed by atoms with Crippen molar-refractivity contribution in [2.45, 2.75) is 64.0 Å². The van der Waals surface area contributed by atoms with Crippen molar-refractivity contribution in [1.29, 1.82) is 0 Å². The molecule has 318 valence electrons. The summed E-state index contributed by atoms with van der Waals surface area (Å²) in [6, 6.07) is 17.0. The number of hydrogen-bond donors (Lipinski definition) is 3. The summed E-state index contributed by atoms with van der Waals surface area (Å²) < 4.78 is 20.6. The second-order valence-corrected chi connectivity index (χ2v) is 17.1. The van der Waals surface area contributed by atoms with Gasteiger partial charge in [0.05, 0.1) is 23.4 Å². The van der Waals surface area contributed by atoms with Gasteiger partial charge in [-0.1, -0.05) is 24.3 Å². The standard InChI is InChI=1S/C45H53FN12O3/c1-5-19-57-42(59)34-27-48-43(51-40(34)58(57)39-9-6-8-38(50-39)45(2,3)61)49-32-12-10-30(11-13-32)31-16-21-54(22-17-31)28-29-14-23-55(24-15-29)37-26-36-33(25-35(37)46)41(52-53(36)4)56-20-7-18-47-44(56)60/h5-6,8-13,25-27,29,31,61H,1,7,14-24,28H2,2-4H3,(H,47,60)(H,48,49,51). The number of nitrogens with zero attached hydrogens (tertiary/aromatic N) is 10. The quantitative estimate of drug-likeness (QED) is 0.129. The number of anilines is 4. The average Bonchev–Trinajstić information content (AvgIpc) is 3.72. The summed E-state index contributed by atoms with van der Waals surface area (Å²) in [5, 5.41) is 22.4. The monoisotopic (exact) mass is 828 g/mol. The van der Waals surface area contributed by atoms with Crippen molar-refractivity contribution in [3.63, 3.8) is 0 Å². The number of likely N-dealkylation sites (tertiary alicyclic amines) is 1. The molecule has 0 radical (unpaired) electrons. The van der Waals surface area contributed by atoms with E-state index in [9.17, 15) is 14.7 Å². The Morgan fingerprint density at radius 3 is 2.48 bits per heavy atom. The van der Waals surface area contributed by atoms with Crippen LogP contribution in [0.3, 0.4) is 0 Å². The number of carbonyl (C=O) groups is 1.